The molecule has 0 spiro atoms. The summed E-state index contributed by atoms with van der Waals surface area (Å²) in [5.41, 5.74) is 11.9. The van der Waals surface area contributed by atoms with Crippen LogP contribution >= 0.6 is 0 Å². The molecule has 0 bridgehead atoms. The molecule has 0 saturated heterocycles. The second-order valence-electron chi connectivity index (χ2n) is 14.4. The lowest BCUT2D eigenvalue weighted by Crippen LogP contribution is -2.33. The zero-order valence-corrected chi connectivity index (χ0v) is 29.2. The fraction of sp³-hybridized carbons (Fsp3) is 0.102. The maximum absolute atomic E-state index is 6.43. The van der Waals surface area contributed by atoms with Gasteiger partial charge in [-0.15, -0.1) is 0 Å². The van der Waals surface area contributed by atoms with Crippen molar-refractivity contribution in [3.8, 4) is 22.6 Å². The second-order valence-corrected chi connectivity index (χ2v) is 14.4. The van der Waals surface area contributed by atoms with Crippen LogP contribution in [-0.4, -0.2) is 13.5 Å². The van der Waals surface area contributed by atoms with Crippen molar-refractivity contribution in [2.24, 2.45) is 0 Å². The summed E-state index contributed by atoms with van der Waals surface area (Å²) in [6, 6.07) is 62.0. The third kappa shape index (κ3) is 4.55. The predicted octanol–water partition coefficient (Wildman–Crippen LogP) is 11.1. The molecule has 8 aromatic rings. The summed E-state index contributed by atoms with van der Waals surface area (Å²) in [5, 5.41) is 4.78. The molecular weight excluding hydrogens is 649 g/mol. The first-order valence-electron chi connectivity index (χ1n) is 18.4. The fourth-order valence-electron chi connectivity index (χ4n) is 9.15. The summed E-state index contributed by atoms with van der Waals surface area (Å²) in [5.74, 6) is 2.01. The molecule has 0 N–H and O–H groups in total. The highest BCUT2D eigenvalue weighted by molar-refractivity contribution is 5.91. The molecule has 0 fully saturated rings. The first-order valence-corrected chi connectivity index (χ1v) is 18.4. The number of hydrogen-bond donors (Lipinski definition) is 0. The quantitative estimate of drug-likeness (QED) is 0.184. The summed E-state index contributed by atoms with van der Waals surface area (Å²) < 4.78 is 12.9. The molecular formula is C49H36N2O2. The van der Waals surface area contributed by atoms with Gasteiger partial charge in [-0.25, -0.2) is 0 Å². The summed E-state index contributed by atoms with van der Waals surface area (Å²) in [7, 11) is 0. The zero-order valence-electron chi connectivity index (χ0n) is 29.2. The first kappa shape index (κ1) is 30.1. The van der Waals surface area contributed by atoms with Gasteiger partial charge in [0.25, 0.3) is 0 Å². The van der Waals surface area contributed by atoms with Gasteiger partial charge in [-0.1, -0.05) is 146 Å². The van der Waals surface area contributed by atoms with E-state index in [4.69, 9.17) is 9.47 Å². The normalized spacial score (nSPS) is 15.2. The van der Waals surface area contributed by atoms with Crippen LogP contribution in [-0.2, 0) is 18.5 Å². The Morgan fingerprint density at radius 2 is 0.811 bits per heavy atom. The Morgan fingerprint density at radius 3 is 1.28 bits per heavy atom. The average Bonchev–Trinajstić information content (AvgIpc) is 3.54. The molecule has 0 atom stereocenters. The molecule has 2 aliphatic heterocycles. The summed E-state index contributed by atoms with van der Waals surface area (Å²) in [6.45, 7) is 2.64. The van der Waals surface area contributed by atoms with E-state index < -0.39 is 5.41 Å². The van der Waals surface area contributed by atoms with Gasteiger partial charge in [0.2, 0.25) is 0 Å². The van der Waals surface area contributed by atoms with Crippen molar-refractivity contribution in [3.63, 3.8) is 0 Å². The maximum Gasteiger partial charge on any atom is 0.161 e. The van der Waals surface area contributed by atoms with Gasteiger partial charge < -0.3 is 19.3 Å². The Hall–Kier alpha value is -6.52. The Balaban J connectivity index is 0.970. The standard InChI is InChI=1S/C49H36N2O2/c1-3-11-41-33(9-1)17-19-35-29-50(31-52-47(35)41)39-25-21-37(22-26-39)49(45-15-7-5-13-43(45)44-14-6-8-16-46(44)49)38-23-27-40(28-24-38)51-30-36-20-18-34-10-2-4-12-42(34)48(36)53-32-51/h1-28H,29-32H2. The van der Waals surface area contributed by atoms with Gasteiger partial charge in [0.05, 0.1) is 5.41 Å². The molecule has 0 radical (unpaired) electrons. The van der Waals surface area contributed by atoms with Gasteiger partial charge in [-0.3, -0.25) is 0 Å². The smallest absolute Gasteiger partial charge is 0.161 e. The number of hydrogen-bond acceptors (Lipinski definition) is 4. The van der Waals surface area contributed by atoms with Gasteiger partial charge in [0.1, 0.15) is 11.5 Å². The molecule has 0 saturated carbocycles. The molecule has 0 unspecified atom stereocenters. The molecule has 1 aliphatic carbocycles. The highest BCUT2D eigenvalue weighted by atomic mass is 16.5. The topological polar surface area (TPSA) is 24.9 Å². The number of fused-ring (bicyclic) bond motifs is 9. The largest absolute Gasteiger partial charge is 0.472 e. The lowest BCUT2D eigenvalue weighted by Gasteiger charge is -2.36. The minimum absolute atomic E-state index is 0.474. The van der Waals surface area contributed by atoms with E-state index in [1.807, 2.05) is 0 Å². The number of benzene rings is 8. The van der Waals surface area contributed by atoms with E-state index in [0.29, 0.717) is 13.5 Å². The van der Waals surface area contributed by atoms with E-state index in [1.54, 1.807) is 0 Å². The van der Waals surface area contributed by atoms with Crippen LogP contribution in [0.25, 0.3) is 32.7 Å². The van der Waals surface area contributed by atoms with Crippen LogP contribution in [0.4, 0.5) is 11.4 Å². The molecule has 4 nitrogen and oxygen atoms in total. The number of ether oxygens (including phenoxy) is 2. The van der Waals surface area contributed by atoms with E-state index >= 15 is 0 Å². The van der Waals surface area contributed by atoms with Crippen LogP contribution in [0.5, 0.6) is 11.5 Å². The van der Waals surface area contributed by atoms with Crippen LogP contribution < -0.4 is 19.3 Å². The van der Waals surface area contributed by atoms with Crippen molar-refractivity contribution in [3.05, 3.63) is 203 Å². The van der Waals surface area contributed by atoms with Gasteiger partial charge in [0.15, 0.2) is 13.5 Å². The highest BCUT2D eigenvalue weighted by Crippen LogP contribution is 2.56. The Morgan fingerprint density at radius 1 is 0.396 bits per heavy atom. The molecule has 4 heteroatoms. The van der Waals surface area contributed by atoms with Crippen molar-refractivity contribution in [2.75, 3.05) is 23.3 Å². The van der Waals surface area contributed by atoms with E-state index in [9.17, 15) is 0 Å². The molecule has 53 heavy (non-hydrogen) atoms. The number of rotatable bonds is 4. The van der Waals surface area contributed by atoms with Crippen LogP contribution in [0.3, 0.4) is 0 Å². The molecule has 254 valence electrons. The van der Waals surface area contributed by atoms with Gasteiger partial charge in [0, 0.05) is 46.4 Å². The van der Waals surface area contributed by atoms with Crippen molar-refractivity contribution in [2.45, 2.75) is 18.5 Å². The van der Waals surface area contributed by atoms with Crippen molar-refractivity contribution < 1.29 is 9.47 Å². The molecule has 2 heterocycles. The van der Waals surface area contributed by atoms with Crippen molar-refractivity contribution in [1.82, 2.24) is 0 Å². The summed E-state index contributed by atoms with van der Waals surface area (Å²) >= 11 is 0. The van der Waals surface area contributed by atoms with E-state index in [0.717, 1.165) is 36.0 Å². The lowest BCUT2D eigenvalue weighted by molar-refractivity contribution is 0.293. The van der Waals surface area contributed by atoms with E-state index in [2.05, 4.69) is 180 Å². The molecule has 3 aliphatic rings. The van der Waals surface area contributed by atoms with E-state index in [-0.39, 0.29) is 0 Å². The first-order chi connectivity index (χ1) is 26.3. The van der Waals surface area contributed by atoms with Gasteiger partial charge >= 0.3 is 0 Å². The molecule has 11 rings (SSSR count). The molecule has 0 aromatic heterocycles. The minimum Gasteiger partial charge on any atom is -0.472 e. The van der Waals surface area contributed by atoms with Gasteiger partial charge in [-0.2, -0.15) is 0 Å². The number of anilines is 2. The zero-order chi connectivity index (χ0) is 34.9. The Kier molecular flexibility index (Phi) is 6.69. The Labute approximate surface area is 309 Å². The number of nitrogens with zero attached hydrogens (tertiary/aromatic N) is 2. The van der Waals surface area contributed by atoms with Crippen molar-refractivity contribution >= 4 is 32.9 Å². The van der Waals surface area contributed by atoms with Crippen LogP contribution in [0.15, 0.2) is 170 Å². The summed E-state index contributed by atoms with van der Waals surface area (Å²) in [6.07, 6.45) is 0. The van der Waals surface area contributed by atoms with Gasteiger partial charge in [-0.05, 0) is 68.4 Å². The monoisotopic (exact) mass is 684 g/mol. The van der Waals surface area contributed by atoms with Crippen LogP contribution in [0.1, 0.15) is 33.4 Å². The highest BCUT2D eigenvalue weighted by Gasteiger charge is 2.46. The molecule has 8 aromatic carbocycles. The molecule has 0 amide bonds. The maximum atomic E-state index is 6.43. The Bertz CT molecular complexity index is 2510. The predicted molar refractivity (Wildman–Crippen MR) is 215 cm³/mol. The second kappa shape index (κ2) is 11.8. The average molecular weight is 685 g/mol. The third-order valence-electron chi connectivity index (χ3n) is 11.7. The lowest BCUT2D eigenvalue weighted by atomic mass is 9.67. The summed E-state index contributed by atoms with van der Waals surface area (Å²) in [4.78, 5) is 4.64. The van der Waals surface area contributed by atoms with E-state index in [1.165, 1.54) is 66.1 Å². The third-order valence-corrected chi connectivity index (χ3v) is 11.7. The van der Waals surface area contributed by atoms with Crippen LogP contribution in [0, 0.1) is 0 Å². The minimum atomic E-state index is -0.474. The van der Waals surface area contributed by atoms with Crippen molar-refractivity contribution in [1.29, 1.82) is 0 Å². The van der Waals surface area contributed by atoms with Crippen LogP contribution in [0.2, 0.25) is 0 Å². The fourth-order valence-corrected chi connectivity index (χ4v) is 9.15. The SMILES string of the molecule is c1ccc2c(c1)-c1ccccc1C2(c1ccc(N2COc3c(ccc4ccccc34)C2)cc1)c1ccc(N2COc3c(ccc4ccccc34)C2)cc1.